The smallest absolute Gasteiger partial charge is 0.410 e. The van der Waals surface area contributed by atoms with E-state index in [0.29, 0.717) is 48.9 Å². The van der Waals surface area contributed by atoms with E-state index in [9.17, 15) is 9.59 Å². The summed E-state index contributed by atoms with van der Waals surface area (Å²) in [6, 6.07) is 4.20. The predicted octanol–water partition coefficient (Wildman–Crippen LogP) is 3.36. The molecule has 0 radical (unpaired) electrons. The Morgan fingerprint density at radius 2 is 1.83 bits per heavy atom. The van der Waals surface area contributed by atoms with Gasteiger partial charge in [-0.25, -0.2) is 4.79 Å². The van der Waals surface area contributed by atoms with E-state index in [-0.39, 0.29) is 29.7 Å². The fraction of sp³-hybridized carbons (Fsp3) is 0.680. The number of hydrogen-bond donors (Lipinski definition) is 1. The van der Waals surface area contributed by atoms with Crippen molar-refractivity contribution in [2.75, 3.05) is 19.0 Å². The van der Waals surface area contributed by atoms with Gasteiger partial charge in [0.05, 0.1) is 30.1 Å². The summed E-state index contributed by atoms with van der Waals surface area (Å²) in [5, 5.41) is 11.9. The molecule has 2 atom stereocenters. The van der Waals surface area contributed by atoms with E-state index in [1.54, 1.807) is 20.2 Å². The Morgan fingerprint density at radius 3 is 2.47 bits per heavy atom. The lowest BCUT2D eigenvalue weighted by Gasteiger charge is -2.24. The highest BCUT2D eigenvalue weighted by Crippen LogP contribution is 2.39. The first-order valence-corrected chi connectivity index (χ1v) is 12.7. The number of carbonyl (C=O) groups is 2. The zero-order chi connectivity index (χ0) is 25.6. The summed E-state index contributed by atoms with van der Waals surface area (Å²) in [6.45, 7) is 6.80. The maximum atomic E-state index is 12.9. The summed E-state index contributed by atoms with van der Waals surface area (Å²) in [5.41, 5.74) is 1.58. The fourth-order valence-corrected chi connectivity index (χ4v) is 5.66. The van der Waals surface area contributed by atoms with Crippen molar-refractivity contribution in [3.05, 3.63) is 29.2 Å². The molecule has 2 amide bonds. The van der Waals surface area contributed by atoms with Gasteiger partial charge in [0.2, 0.25) is 0 Å². The zero-order valence-corrected chi connectivity index (χ0v) is 21.7. The van der Waals surface area contributed by atoms with Gasteiger partial charge in [-0.3, -0.25) is 14.2 Å². The number of ether oxygens (including phenoxy) is 3. The molecule has 2 unspecified atom stereocenters. The van der Waals surface area contributed by atoms with Gasteiger partial charge >= 0.3 is 6.09 Å². The van der Waals surface area contributed by atoms with Crippen molar-refractivity contribution in [3.63, 3.8) is 0 Å². The average Bonchev–Trinajstić information content (AvgIpc) is 3.62. The predicted molar refractivity (Wildman–Crippen MR) is 131 cm³/mol. The van der Waals surface area contributed by atoms with E-state index in [4.69, 9.17) is 14.2 Å². The van der Waals surface area contributed by atoms with Gasteiger partial charge in [0.15, 0.2) is 5.82 Å². The second-order valence-electron chi connectivity index (χ2n) is 11.0. The van der Waals surface area contributed by atoms with E-state index in [0.717, 1.165) is 31.4 Å². The molecule has 0 spiro atoms. The van der Waals surface area contributed by atoms with Crippen molar-refractivity contribution < 1.29 is 23.8 Å². The summed E-state index contributed by atoms with van der Waals surface area (Å²) in [6.07, 6.45) is 4.05. The molecule has 3 aliphatic rings. The van der Waals surface area contributed by atoms with Crippen LogP contribution in [0.2, 0.25) is 0 Å². The maximum Gasteiger partial charge on any atom is 0.410 e. The molecule has 0 saturated carbocycles. The van der Waals surface area contributed by atoms with Crippen LogP contribution < -0.4 is 5.32 Å². The Hall–Kier alpha value is -2.92. The summed E-state index contributed by atoms with van der Waals surface area (Å²) < 4.78 is 20.4. The molecule has 1 N–H and O–H groups in total. The molecule has 36 heavy (non-hydrogen) atoms. The molecule has 3 aliphatic heterocycles. The minimum atomic E-state index is -0.344. The molecular formula is C25H36N6O5. The number of rotatable bonds is 6. The van der Waals surface area contributed by atoms with Gasteiger partial charge < -0.3 is 24.4 Å². The van der Waals surface area contributed by atoms with Crippen LogP contribution in [0.25, 0.3) is 0 Å². The first-order chi connectivity index (χ1) is 17.1. The maximum absolute atomic E-state index is 12.9. The van der Waals surface area contributed by atoms with Crippen LogP contribution >= 0.6 is 0 Å². The van der Waals surface area contributed by atoms with Crippen LogP contribution in [0.5, 0.6) is 0 Å². The summed E-state index contributed by atoms with van der Waals surface area (Å²) >= 11 is 0. The van der Waals surface area contributed by atoms with Crippen LogP contribution in [-0.2, 0) is 33.4 Å². The number of aromatic nitrogens is 4. The van der Waals surface area contributed by atoms with Gasteiger partial charge in [-0.1, -0.05) is 0 Å². The number of fused-ring (bicyclic) bond motifs is 2. The molecule has 3 saturated heterocycles. The highest BCUT2D eigenvalue weighted by Gasteiger charge is 2.44. The molecule has 3 fully saturated rings. The van der Waals surface area contributed by atoms with Crippen molar-refractivity contribution in [3.8, 4) is 0 Å². The summed E-state index contributed by atoms with van der Waals surface area (Å²) in [4.78, 5) is 27.7. The first kappa shape index (κ1) is 24.8. The van der Waals surface area contributed by atoms with Gasteiger partial charge in [0.1, 0.15) is 17.9 Å². The molecule has 11 nitrogen and oxygen atoms in total. The SMILES string of the molecule is COCc1cc(C(=O)Nc2cc(C3CC(OC(=O)N4C5CCC4CC5)CO3)n(C(C)(C)C)n2)n(C)n1. The van der Waals surface area contributed by atoms with Crippen molar-refractivity contribution in [1.29, 1.82) is 0 Å². The molecule has 11 heteroatoms. The lowest BCUT2D eigenvalue weighted by atomic mass is 10.0. The number of carbonyl (C=O) groups excluding carboxylic acids is 2. The van der Waals surface area contributed by atoms with Gasteiger partial charge in [-0.15, -0.1) is 0 Å². The number of nitrogens with one attached hydrogen (secondary N) is 1. The Labute approximate surface area is 211 Å². The Bertz CT molecular complexity index is 1110. The molecule has 2 aromatic rings. The molecular weight excluding hydrogens is 464 g/mol. The second kappa shape index (κ2) is 9.51. The van der Waals surface area contributed by atoms with Crippen molar-refractivity contribution >= 4 is 17.8 Å². The van der Waals surface area contributed by atoms with E-state index in [2.05, 4.69) is 15.5 Å². The number of aryl methyl sites for hydroxylation is 1. The Balaban J connectivity index is 1.28. The molecule has 2 bridgehead atoms. The average molecular weight is 501 g/mol. The molecule has 0 aliphatic carbocycles. The van der Waals surface area contributed by atoms with Gasteiger partial charge in [-0.05, 0) is 52.5 Å². The van der Waals surface area contributed by atoms with E-state index in [1.165, 1.54) is 4.68 Å². The van der Waals surface area contributed by atoms with E-state index in [1.807, 2.05) is 36.4 Å². The third kappa shape index (κ3) is 4.73. The van der Waals surface area contributed by atoms with E-state index >= 15 is 0 Å². The van der Waals surface area contributed by atoms with Crippen molar-refractivity contribution in [2.24, 2.45) is 7.05 Å². The monoisotopic (exact) mass is 500 g/mol. The third-order valence-electron chi connectivity index (χ3n) is 7.29. The quantitative estimate of drug-likeness (QED) is 0.647. The van der Waals surface area contributed by atoms with Crippen molar-refractivity contribution in [1.82, 2.24) is 24.5 Å². The zero-order valence-electron chi connectivity index (χ0n) is 21.7. The van der Waals surface area contributed by atoms with Crippen LogP contribution in [0.15, 0.2) is 12.1 Å². The van der Waals surface area contributed by atoms with Gasteiger partial charge in [-0.2, -0.15) is 10.2 Å². The topological polar surface area (TPSA) is 113 Å². The second-order valence-corrected chi connectivity index (χ2v) is 11.0. The normalized spacial score (nSPS) is 25.5. The largest absolute Gasteiger partial charge is 0.444 e. The van der Waals surface area contributed by atoms with Gasteiger partial charge in [0.25, 0.3) is 5.91 Å². The van der Waals surface area contributed by atoms with Crippen LogP contribution in [-0.4, -0.2) is 68.4 Å². The van der Waals surface area contributed by atoms with Crippen molar-refractivity contribution in [2.45, 2.75) is 89.3 Å². The highest BCUT2D eigenvalue weighted by molar-refractivity contribution is 6.02. The van der Waals surface area contributed by atoms with E-state index < -0.39 is 0 Å². The third-order valence-corrected chi connectivity index (χ3v) is 7.29. The lowest BCUT2D eigenvalue weighted by Crippen LogP contribution is -2.37. The fourth-order valence-electron chi connectivity index (χ4n) is 5.66. The number of methoxy groups -OCH3 is 1. The number of nitrogens with zero attached hydrogens (tertiary/aromatic N) is 5. The lowest BCUT2D eigenvalue weighted by molar-refractivity contribution is 0.0449. The standard InChI is InChI=1S/C25H36N6O5/c1-25(2,3)31-19(12-22(28-31)26-23(32)20-10-15(13-34-5)27-29(20)4)21-11-18(14-35-21)36-24(33)30-16-6-7-17(30)9-8-16/h10,12,16-18,21H,6-9,11,13-14H2,1-5H3,(H,26,28,32). The van der Waals surface area contributed by atoms with Crippen LogP contribution in [0.3, 0.4) is 0 Å². The van der Waals surface area contributed by atoms with Gasteiger partial charge in [0, 0.05) is 38.7 Å². The number of anilines is 1. The number of hydrogen-bond acceptors (Lipinski definition) is 7. The molecule has 0 aromatic carbocycles. The molecule has 2 aromatic heterocycles. The Morgan fingerprint density at radius 1 is 1.14 bits per heavy atom. The molecule has 196 valence electrons. The first-order valence-electron chi connectivity index (χ1n) is 12.7. The molecule has 5 rings (SSSR count). The molecule has 5 heterocycles. The Kier molecular flexibility index (Phi) is 6.54. The minimum Gasteiger partial charge on any atom is -0.444 e. The van der Waals surface area contributed by atoms with Crippen LogP contribution in [0.4, 0.5) is 10.6 Å². The number of amides is 2. The summed E-state index contributed by atoms with van der Waals surface area (Å²) in [5.74, 6) is 0.119. The summed E-state index contributed by atoms with van der Waals surface area (Å²) in [7, 11) is 3.30. The van der Waals surface area contributed by atoms with Crippen LogP contribution in [0.1, 0.15) is 80.9 Å². The minimum absolute atomic E-state index is 0.212. The van der Waals surface area contributed by atoms with Crippen LogP contribution in [0, 0.1) is 0 Å². The highest BCUT2D eigenvalue weighted by atomic mass is 16.6.